The van der Waals surface area contributed by atoms with Gasteiger partial charge < -0.3 is 0 Å². The molecule has 0 radical (unpaired) electrons. The Balaban J connectivity index is 1.92. The molecule has 8 nitrogen and oxygen atoms in total. The number of aromatic nitrogens is 2. The average molecular weight is 321 g/mol. The molecule has 23 heavy (non-hydrogen) atoms. The normalized spacial score (nSPS) is 15.9. The highest BCUT2D eigenvalue weighted by atomic mass is 16.5. The quantitative estimate of drug-likeness (QED) is 0.378. The van der Waals surface area contributed by atoms with Crippen LogP contribution < -0.4 is 10.9 Å². The van der Waals surface area contributed by atoms with E-state index in [9.17, 15) is 14.8 Å². The summed E-state index contributed by atoms with van der Waals surface area (Å²) >= 11 is 0. The zero-order valence-electron chi connectivity index (χ0n) is 13.2. The Labute approximate surface area is 135 Å². The molecule has 8 heteroatoms. The van der Waals surface area contributed by atoms with Crippen LogP contribution in [0.1, 0.15) is 37.8 Å². The topological polar surface area (TPSA) is 107 Å². The Morgan fingerprint density at radius 3 is 2.91 bits per heavy atom. The van der Waals surface area contributed by atoms with Crippen LogP contribution in [0.25, 0.3) is 0 Å². The van der Waals surface area contributed by atoms with Gasteiger partial charge in [-0.15, -0.1) is 0 Å². The minimum absolute atomic E-state index is 0.0256. The van der Waals surface area contributed by atoms with Gasteiger partial charge in [0.2, 0.25) is 18.3 Å². The van der Waals surface area contributed by atoms with Crippen molar-refractivity contribution >= 4 is 18.3 Å². The molecule has 1 fully saturated rings. The third-order valence-corrected chi connectivity index (χ3v) is 4.08. The number of carbonyl (C=O) groups is 2. The van der Waals surface area contributed by atoms with Crippen LogP contribution in [0.2, 0.25) is 0 Å². The molecule has 1 aromatic rings. The fourth-order valence-corrected chi connectivity index (χ4v) is 2.91. The second-order valence-corrected chi connectivity index (χ2v) is 5.95. The molecule has 0 aliphatic heterocycles. The zero-order chi connectivity index (χ0) is 16.7. The number of rotatable bonds is 8. The van der Waals surface area contributed by atoms with Crippen molar-refractivity contribution in [3.63, 3.8) is 0 Å². The van der Waals surface area contributed by atoms with Gasteiger partial charge in [-0.1, -0.05) is 25.7 Å². The lowest BCUT2D eigenvalue weighted by Gasteiger charge is -2.22. The predicted molar refractivity (Wildman–Crippen MR) is 83.2 cm³/mol. The summed E-state index contributed by atoms with van der Waals surface area (Å²) in [6.45, 7) is 1.80. The first-order valence-corrected chi connectivity index (χ1v) is 7.85. The highest BCUT2D eigenvalue weighted by Crippen LogP contribution is 2.30. The van der Waals surface area contributed by atoms with Crippen LogP contribution >= 0.6 is 0 Å². The molecule has 0 unspecified atom stereocenters. The van der Waals surface area contributed by atoms with E-state index in [1.54, 1.807) is 12.3 Å². The molecule has 2 rings (SSSR count). The molecule has 0 saturated heterocycles. The van der Waals surface area contributed by atoms with Gasteiger partial charge in [0.15, 0.2) is 0 Å². The van der Waals surface area contributed by atoms with E-state index in [0.717, 1.165) is 18.5 Å². The number of amides is 2. The first kappa shape index (κ1) is 17.1. The molecular formula is C15H23N5O3. The highest BCUT2D eigenvalue weighted by molar-refractivity contribution is 5.80. The number of nitrogens with zero attached hydrogens (tertiary/aromatic N) is 3. The molecule has 3 N–H and O–H groups in total. The zero-order valence-corrected chi connectivity index (χ0v) is 13.2. The van der Waals surface area contributed by atoms with Gasteiger partial charge >= 0.3 is 0 Å². The Morgan fingerprint density at radius 1 is 1.52 bits per heavy atom. The van der Waals surface area contributed by atoms with Crippen LogP contribution in [0.4, 0.5) is 5.95 Å². The number of hydrogen-bond donors (Lipinski definition) is 3. The molecule has 0 bridgehead atoms. The van der Waals surface area contributed by atoms with Crippen molar-refractivity contribution in [1.29, 1.82) is 0 Å². The summed E-state index contributed by atoms with van der Waals surface area (Å²) in [5.74, 6) is -0.0104. The van der Waals surface area contributed by atoms with E-state index in [2.05, 4.69) is 20.8 Å². The maximum atomic E-state index is 12.4. The van der Waals surface area contributed by atoms with Gasteiger partial charge in [-0.05, 0) is 25.3 Å². The number of carbonyl (C=O) groups excluding carboxylic acids is 2. The molecule has 1 atom stereocenters. The summed E-state index contributed by atoms with van der Waals surface area (Å²) in [6.07, 6.45) is 7.07. The van der Waals surface area contributed by atoms with Crippen molar-refractivity contribution in [2.75, 3.05) is 12.0 Å². The number of hydrogen-bond acceptors (Lipinski definition) is 6. The first-order chi connectivity index (χ1) is 11.1. The molecule has 2 amide bonds. The molecule has 1 aliphatic rings. The second kappa shape index (κ2) is 8.42. The molecular weight excluding hydrogens is 298 g/mol. The van der Waals surface area contributed by atoms with Gasteiger partial charge in [-0.2, -0.15) is 0 Å². The Morgan fingerprint density at radius 2 is 2.26 bits per heavy atom. The minimum atomic E-state index is -0.481. The fraction of sp³-hybridized carbons (Fsp3) is 0.600. The van der Waals surface area contributed by atoms with Crippen molar-refractivity contribution in [2.24, 2.45) is 11.8 Å². The molecule has 1 aliphatic carbocycles. The van der Waals surface area contributed by atoms with Crippen LogP contribution in [0.3, 0.4) is 0 Å². The third kappa shape index (κ3) is 5.48. The smallest absolute Gasteiger partial charge is 0.243 e. The fourth-order valence-electron chi connectivity index (χ4n) is 2.91. The van der Waals surface area contributed by atoms with Crippen molar-refractivity contribution in [1.82, 2.24) is 20.5 Å². The van der Waals surface area contributed by atoms with Crippen LogP contribution in [-0.2, 0) is 9.59 Å². The maximum Gasteiger partial charge on any atom is 0.243 e. The summed E-state index contributed by atoms with van der Waals surface area (Å²) in [6, 6.07) is 1.75. The summed E-state index contributed by atoms with van der Waals surface area (Å²) in [5, 5.41) is 9.93. The van der Waals surface area contributed by atoms with Gasteiger partial charge in [-0.3, -0.25) is 25.6 Å². The van der Waals surface area contributed by atoms with Gasteiger partial charge in [0.1, 0.15) is 0 Å². The van der Waals surface area contributed by atoms with E-state index in [0.29, 0.717) is 29.8 Å². The van der Waals surface area contributed by atoms with E-state index < -0.39 is 5.92 Å². The molecule has 1 saturated carbocycles. The van der Waals surface area contributed by atoms with Gasteiger partial charge in [0.05, 0.1) is 12.5 Å². The standard InChI is InChI=1S/C15H23N5O3/c1-11-6-7-16-15(17-11)19-18-14(22)13(9-20(23)10-21)8-12-4-2-3-5-12/h6-7,10,12-13,23H,2-5,8-9H2,1H3,(H,18,22)(H,16,17,19)/t13-/m0/s1. The van der Waals surface area contributed by atoms with Crippen molar-refractivity contribution < 1.29 is 14.8 Å². The number of hydroxylamine groups is 2. The van der Waals surface area contributed by atoms with E-state index in [1.165, 1.54) is 12.8 Å². The van der Waals surface area contributed by atoms with Gasteiger partial charge in [-0.25, -0.2) is 15.0 Å². The predicted octanol–water partition coefficient (Wildman–Crippen LogP) is 1.27. The van der Waals surface area contributed by atoms with Gasteiger partial charge in [0.25, 0.3) is 0 Å². The van der Waals surface area contributed by atoms with Crippen molar-refractivity contribution in [2.45, 2.75) is 39.0 Å². The lowest BCUT2D eigenvalue weighted by Crippen LogP contribution is -2.41. The van der Waals surface area contributed by atoms with Crippen molar-refractivity contribution in [3.8, 4) is 0 Å². The van der Waals surface area contributed by atoms with E-state index in [-0.39, 0.29) is 12.5 Å². The van der Waals surface area contributed by atoms with Crippen LogP contribution in [0.15, 0.2) is 12.3 Å². The van der Waals surface area contributed by atoms with Crippen LogP contribution in [0.5, 0.6) is 0 Å². The SMILES string of the molecule is Cc1ccnc(NNC(=O)[C@@H](CC2CCCC2)CN(O)C=O)n1. The van der Waals surface area contributed by atoms with Crippen LogP contribution in [0, 0.1) is 18.8 Å². The number of nitrogens with one attached hydrogen (secondary N) is 2. The minimum Gasteiger partial charge on any atom is -0.286 e. The molecule has 1 aromatic heterocycles. The first-order valence-electron chi connectivity index (χ1n) is 7.85. The van der Waals surface area contributed by atoms with Gasteiger partial charge in [0, 0.05) is 11.9 Å². The largest absolute Gasteiger partial charge is 0.286 e. The van der Waals surface area contributed by atoms with E-state index >= 15 is 0 Å². The highest BCUT2D eigenvalue weighted by Gasteiger charge is 2.26. The number of aryl methyl sites for hydroxylation is 1. The summed E-state index contributed by atoms with van der Waals surface area (Å²) in [5.41, 5.74) is 6.01. The summed E-state index contributed by atoms with van der Waals surface area (Å²) in [4.78, 5) is 31.1. The van der Waals surface area contributed by atoms with Crippen molar-refractivity contribution in [3.05, 3.63) is 18.0 Å². The van der Waals surface area contributed by atoms with Crippen LogP contribution in [-0.4, -0.2) is 39.1 Å². The average Bonchev–Trinajstić information content (AvgIpc) is 3.05. The molecule has 1 heterocycles. The van der Waals surface area contributed by atoms with E-state index in [4.69, 9.17) is 0 Å². The lowest BCUT2D eigenvalue weighted by atomic mass is 9.92. The monoisotopic (exact) mass is 321 g/mol. The number of hydrazine groups is 1. The maximum absolute atomic E-state index is 12.4. The molecule has 0 aromatic carbocycles. The van der Waals surface area contributed by atoms with E-state index in [1.807, 2.05) is 6.92 Å². The third-order valence-electron chi connectivity index (χ3n) is 4.08. The summed E-state index contributed by atoms with van der Waals surface area (Å²) < 4.78 is 0. The Hall–Kier alpha value is -2.22. The molecule has 126 valence electrons. The second-order valence-electron chi connectivity index (χ2n) is 5.95. The molecule has 0 spiro atoms. The Kier molecular flexibility index (Phi) is 6.28. The Bertz CT molecular complexity index is 534. The lowest BCUT2D eigenvalue weighted by molar-refractivity contribution is -0.154. The summed E-state index contributed by atoms with van der Waals surface area (Å²) in [7, 11) is 0. The number of anilines is 1.